The fraction of sp³-hybridized carbons (Fsp3) is 0.417. The van der Waals surface area contributed by atoms with Crippen molar-refractivity contribution in [2.75, 3.05) is 0 Å². The Labute approximate surface area is 101 Å². The average molecular weight is 231 g/mol. The molecular weight excluding hydrogens is 214 g/mol. The Hall–Kier alpha value is -1.75. The lowest BCUT2D eigenvalue weighted by atomic mass is 10.1. The highest BCUT2D eigenvalue weighted by Gasteiger charge is 2.18. The molecule has 1 atom stereocenters. The molecule has 0 amide bonds. The summed E-state index contributed by atoms with van der Waals surface area (Å²) in [4.78, 5) is 0. The highest BCUT2D eigenvalue weighted by Crippen LogP contribution is 2.16. The minimum atomic E-state index is -0.131. The molecular formula is C12H17N5. The number of aromatic nitrogens is 4. The van der Waals surface area contributed by atoms with Crippen LogP contribution in [0.3, 0.4) is 0 Å². The maximum absolute atomic E-state index is 6.07. The summed E-state index contributed by atoms with van der Waals surface area (Å²) in [5.74, 6) is 1.05. The van der Waals surface area contributed by atoms with Crippen LogP contribution in [0.2, 0.25) is 0 Å². The molecule has 17 heavy (non-hydrogen) atoms. The van der Waals surface area contributed by atoms with Crippen molar-refractivity contribution in [3.05, 3.63) is 41.7 Å². The van der Waals surface area contributed by atoms with Crippen molar-refractivity contribution in [1.29, 1.82) is 0 Å². The van der Waals surface area contributed by atoms with Gasteiger partial charge in [-0.05, 0) is 21.9 Å². The van der Waals surface area contributed by atoms with E-state index in [9.17, 15) is 0 Å². The summed E-state index contributed by atoms with van der Waals surface area (Å²) in [6.45, 7) is 4.78. The molecule has 0 radical (unpaired) electrons. The number of hydrogen-bond donors (Lipinski definition) is 1. The number of hydrogen-bond acceptors (Lipinski definition) is 4. The van der Waals surface area contributed by atoms with E-state index in [1.807, 2.05) is 30.3 Å². The third-order valence-electron chi connectivity index (χ3n) is 2.75. The van der Waals surface area contributed by atoms with Gasteiger partial charge in [0, 0.05) is 0 Å². The quantitative estimate of drug-likeness (QED) is 0.863. The Kier molecular flexibility index (Phi) is 3.49. The van der Waals surface area contributed by atoms with E-state index in [1.165, 1.54) is 0 Å². The second-order valence-corrected chi connectivity index (χ2v) is 4.45. The van der Waals surface area contributed by atoms with Crippen LogP contribution in [0.5, 0.6) is 0 Å². The maximum Gasteiger partial charge on any atom is 0.168 e. The molecule has 1 aromatic heterocycles. The van der Waals surface area contributed by atoms with Crippen molar-refractivity contribution in [2.45, 2.75) is 26.4 Å². The summed E-state index contributed by atoms with van der Waals surface area (Å²) < 4.78 is 1.76. The van der Waals surface area contributed by atoms with Crippen LogP contribution in [0.25, 0.3) is 0 Å². The molecule has 2 rings (SSSR count). The van der Waals surface area contributed by atoms with Crippen LogP contribution in [-0.2, 0) is 6.54 Å². The third-order valence-corrected chi connectivity index (χ3v) is 2.75. The van der Waals surface area contributed by atoms with E-state index in [0.717, 1.165) is 11.4 Å². The highest BCUT2D eigenvalue weighted by molar-refractivity contribution is 5.15. The molecule has 0 aliphatic heterocycles. The van der Waals surface area contributed by atoms with Crippen LogP contribution in [0.15, 0.2) is 30.3 Å². The molecule has 0 spiro atoms. The van der Waals surface area contributed by atoms with Crippen molar-refractivity contribution in [3.8, 4) is 0 Å². The summed E-state index contributed by atoms with van der Waals surface area (Å²) in [6.07, 6.45) is 0. The molecule has 1 aromatic carbocycles. The Morgan fingerprint density at radius 3 is 2.59 bits per heavy atom. The Balaban J connectivity index is 2.20. The topological polar surface area (TPSA) is 69.6 Å². The predicted octanol–water partition coefficient (Wildman–Crippen LogP) is 1.38. The standard InChI is InChI=1S/C12H17N5/c1-9(2)11(13)12-14-15-16-17(12)8-10-6-4-3-5-7-10/h3-7,9,11H,8,13H2,1-2H3/t11-/m0/s1. The molecule has 0 aliphatic carbocycles. The van der Waals surface area contributed by atoms with Gasteiger partial charge in [0.05, 0.1) is 12.6 Å². The third kappa shape index (κ3) is 2.68. The fourth-order valence-corrected chi connectivity index (χ4v) is 1.62. The van der Waals surface area contributed by atoms with Crippen LogP contribution in [0.4, 0.5) is 0 Å². The van der Waals surface area contributed by atoms with Crippen molar-refractivity contribution in [2.24, 2.45) is 11.7 Å². The zero-order valence-electron chi connectivity index (χ0n) is 10.1. The van der Waals surface area contributed by atoms with E-state index in [-0.39, 0.29) is 6.04 Å². The van der Waals surface area contributed by atoms with Crippen molar-refractivity contribution in [1.82, 2.24) is 20.2 Å². The van der Waals surface area contributed by atoms with Gasteiger partial charge in [0.2, 0.25) is 0 Å². The molecule has 0 fully saturated rings. The summed E-state index contributed by atoms with van der Waals surface area (Å²) in [6, 6.07) is 9.96. The summed E-state index contributed by atoms with van der Waals surface area (Å²) in [7, 11) is 0. The zero-order valence-corrected chi connectivity index (χ0v) is 10.1. The van der Waals surface area contributed by atoms with Gasteiger partial charge in [-0.1, -0.05) is 44.2 Å². The minimum Gasteiger partial charge on any atom is -0.321 e. The van der Waals surface area contributed by atoms with Gasteiger partial charge in [-0.2, -0.15) is 0 Å². The number of nitrogens with zero attached hydrogens (tertiary/aromatic N) is 4. The maximum atomic E-state index is 6.07. The number of nitrogens with two attached hydrogens (primary N) is 1. The largest absolute Gasteiger partial charge is 0.321 e. The molecule has 5 nitrogen and oxygen atoms in total. The van der Waals surface area contributed by atoms with Gasteiger partial charge in [-0.25, -0.2) is 4.68 Å². The van der Waals surface area contributed by atoms with E-state index >= 15 is 0 Å². The first-order chi connectivity index (χ1) is 8.18. The zero-order chi connectivity index (χ0) is 12.3. The SMILES string of the molecule is CC(C)[C@H](N)c1nnnn1Cc1ccccc1. The lowest BCUT2D eigenvalue weighted by molar-refractivity contribution is 0.460. The van der Waals surface area contributed by atoms with Gasteiger partial charge in [-0.15, -0.1) is 5.10 Å². The van der Waals surface area contributed by atoms with E-state index < -0.39 is 0 Å². The Morgan fingerprint density at radius 2 is 1.94 bits per heavy atom. The second kappa shape index (κ2) is 5.05. The van der Waals surface area contributed by atoms with Gasteiger partial charge in [-0.3, -0.25) is 0 Å². The van der Waals surface area contributed by atoms with Gasteiger partial charge in [0.1, 0.15) is 0 Å². The lowest BCUT2D eigenvalue weighted by Gasteiger charge is -2.14. The molecule has 5 heteroatoms. The van der Waals surface area contributed by atoms with Crippen LogP contribution < -0.4 is 5.73 Å². The van der Waals surface area contributed by atoms with Crippen molar-refractivity contribution in [3.63, 3.8) is 0 Å². The molecule has 0 unspecified atom stereocenters. The van der Waals surface area contributed by atoms with Crippen LogP contribution >= 0.6 is 0 Å². The first-order valence-corrected chi connectivity index (χ1v) is 5.74. The summed E-state index contributed by atoms with van der Waals surface area (Å²) in [5.41, 5.74) is 7.24. The number of benzene rings is 1. The molecule has 2 aromatic rings. The second-order valence-electron chi connectivity index (χ2n) is 4.45. The van der Waals surface area contributed by atoms with E-state index in [1.54, 1.807) is 4.68 Å². The minimum absolute atomic E-state index is 0.131. The first-order valence-electron chi connectivity index (χ1n) is 5.74. The van der Waals surface area contributed by atoms with E-state index in [4.69, 9.17) is 5.73 Å². The smallest absolute Gasteiger partial charge is 0.168 e. The van der Waals surface area contributed by atoms with Gasteiger partial charge >= 0.3 is 0 Å². The monoisotopic (exact) mass is 231 g/mol. The molecule has 0 saturated heterocycles. The predicted molar refractivity (Wildman–Crippen MR) is 65.1 cm³/mol. The first kappa shape index (κ1) is 11.7. The molecule has 0 aliphatic rings. The molecule has 90 valence electrons. The summed E-state index contributed by atoms with van der Waals surface area (Å²) >= 11 is 0. The number of tetrazole rings is 1. The molecule has 0 bridgehead atoms. The molecule has 1 heterocycles. The molecule has 2 N–H and O–H groups in total. The van der Waals surface area contributed by atoms with Crippen molar-refractivity contribution >= 4 is 0 Å². The fourth-order valence-electron chi connectivity index (χ4n) is 1.62. The lowest BCUT2D eigenvalue weighted by Crippen LogP contribution is -2.22. The van der Waals surface area contributed by atoms with Crippen LogP contribution in [-0.4, -0.2) is 20.2 Å². The van der Waals surface area contributed by atoms with Crippen LogP contribution in [0.1, 0.15) is 31.3 Å². The average Bonchev–Trinajstić information content (AvgIpc) is 2.77. The normalized spacial score (nSPS) is 12.9. The Morgan fingerprint density at radius 1 is 1.24 bits per heavy atom. The van der Waals surface area contributed by atoms with E-state index in [2.05, 4.69) is 29.4 Å². The number of rotatable bonds is 4. The van der Waals surface area contributed by atoms with Gasteiger partial charge in [0.15, 0.2) is 5.82 Å². The van der Waals surface area contributed by atoms with Crippen LogP contribution in [0, 0.1) is 5.92 Å². The van der Waals surface area contributed by atoms with Gasteiger partial charge < -0.3 is 5.73 Å². The van der Waals surface area contributed by atoms with Crippen molar-refractivity contribution < 1.29 is 0 Å². The molecule has 0 saturated carbocycles. The van der Waals surface area contributed by atoms with Gasteiger partial charge in [0.25, 0.3) is 0 Å². The van der Waals surface area contributed by atoms with E-state index in [0.29, 0.717) is 12.5 Å². The Bertz CT molecular complexity index is 463. The summed E-state index contributed by atoms with van der Waals surface area (Å²) in [5, 5.41) is 11.7. The highest BCUT2D eigenvalue weighted by atomic mass is 15.5.